The number of thioether (sulfide) groups is 1. The molecule has 2 atom stereocenters. The minimum Gasteiger partial charge on any atom is -0.465 e. The lowest BCUT2D eigenvalue weighted by atomic mass is 9.93. The molecular formula is C29H35F3N4O8S2. The summed E-state index contributed by atoms with van der Waals surface area (Å²) in [5, 5.41) is 16.5. The van der Waals surface area contributed by atoms with Gasteiger partial charge in [-0.2, -0.15) is 13.2 Å². The van der Waals surface area contributed by atoms with Gasteiger partial charge >= 0.3 is 18.4 Å². The number of amides is 4. The van der Waals surface area contributed by atoms with Gasteiger partial charge in [0, 0.05) is 18.0 Å². The van der Waals surface area contributed by atoms with Crippen molar-refractivity contribution in [2.24, 2.45) is 5.92 Å². The van der Waals surface area contributed by atoms with Crippen LogP contribution in [0, 0.1) is 5.92 Å². The Morgan fingerprint density at radius 1 is 1.07 bits per heavy atom. The number of rotatable bonds is 9. The fraction of sp³-hybridized carbons (Fsp3) is 0.448. The van der Waals surface area contributed by atoms with Crippen LogP contribution in [-0.2, 0) is 25.5 Å². The largest absolute Gasteiger partial charge is 0.465 e. The molecule has 0 aliphatic carbocycles. The summed E-state index contributed by atoms with van der Waals surface area (Å²) in [7, 11) is -3.83. The number of carboxylic acid groups (broad SMARTS) is 1. The highest BCUT2D eigenvalue weighted by atomic mass is 32.2. The average molecular weight is 689 g/mol. The van der Waals surface area contributed by atoms with Crippen molar-refractivity contribution >= 4 is 51.3 Å². The van der Waals surface area contributed by atoms with E-state index in [0.717, 1.165) is 15.9 Å². The van der Waals surface area contributed by atoms with Crippen LogP contribution >= 0.6 is 11.8 Å². The molecule has 0 spiro atoms. The fourth-order valence-corrected chi connectivity index (χ4v) is 6.76. The molecule has 3 rings (SSSR count). The van der Waals surface area contributed by atoms with Crippen molar-refractivity contribution in [3.8, 4) is 0 Å². The van der Waals surface area contributed by atoms with E-state index < -0.39 is 75.2 Å². The monoisotopic (exact) mass is 688 g/mol. The maximum atomic E-state index is 13.4. The quantitative estimate of drug-likeness (QED) is 0.278. The molecule has 2 aromatic carbocycles. The summed E-state index contributed by atoms with van der Waals surface area (Å²) >= 11 is 1.44. The van der Waals surface area contributed by atoms with E-state index >= 15 is 0 Å². The first kappa shape index (κ1) is 36.5. The van der Waals surface area contributed by atoms with Crippen molar-refractivity contribution < 1.29 is 50.6 Å². The SMILES string of the molecule is CSc1ccc(S(=O)(=O)C[C@@H]2CCN(C(=O)O)C[C@@H]2NC(=O)CNC(=O)c2cc(C(F)(F)F)ccc2NC(=O)OC(C)(C)C)cc1. The van der Waals surface area contributed by atoms with Gasteiger partial charge in [-0.15, -0.1) is 11.8 Å². The Balaban J connectivity index is 1.75. The molecule has 2 aromatic rings. The van der Waals surface area contributed by atoms with Crippen LogP contribution < -0.4 is 16.0 Å². The summed E-state index contributed by atoms with van der Waals surface area (Å²) in [6.45, 7) is 3.76. The van der Waals surface area contributed by atoms with Gasteiger partial charge in [0.2, 0.25) is 5.91 Å². The number of alkyl halides is 3. The van der Waals surface area contributed by atoms with Gasteiger partial charge in [-0.3, -0.25) is 14.9 Å². The molecule has 0 saturated carbocycles. The Morgan fingerprint density at radius 3 is 2.28 bits per heavy atom. The second kappa shape index (κ2) is 14.6. The number of sulfone groups is 1. The van der Waals surface area contributed by atoms with Crippen molar-refractivity contribution in [3.05, 3.63) is 53.6 Å². The first-order chi connectivity index (χ1) is 21.3. The van der Waals surface area contributed by atoms with Crippen LogP contribution in [0.2, 0.25) is 0 Å². The van der Waals surface area contributed by atoms with Crippen molar-refractivity contribution in [3.63, 3.8) is 0 Å². The van der Waals surface area contributed by atoms with E-state index in [1.54, 1.807) is 32.9 Å². The highest BCUT2D eigenvalue weighted by molar-refractivity contribution is 7.98. The van der Waals surface area contributed by atoms with Crippen molar-refractivity contribution in [2.75, 3.05) is 37.0 Å². The molecule has 252 valence electrons. The van der Waals surface area contributed by atoms with Crippen LogP contribution in [0.15, 0.2) is 52.3 Å². The molecule has 4 N–H and O–H groups in total. The molecule has 46 heavy (non-hydrogen) atoms. The second-order valence-electron chi connectivity index (χ2n) is 11.5. The van der Waals surface area contributed by atoms with Gasteiger partial charge < -0.3 is 25.4 Å². The third kappa shape index (κ3) is 10.3. The standard InChI is InChI=1S/C29H35F3N4O8S2/c1-28(2,3)44-26(39)35-22-10-5-18(29(30,31)32)13-21(22)25(38)33-14-24(37)34-23-15-36(27(40)41)12-11-17(23)16-46(42,43)20-8-6-19(45-4)7-9-20/h5-10,13,17,23H,11-12,14-16H2,1-4H3,(H,33,38)(H,34,37)(H,35,39)(H,40,41)/t17-,23-/m0/s1. The van der Waals surface area contributed by atoms with E-state index in [4.69, 9.17) is 4.74 Å². The van der Waals surface area contributed by atoms with Crippen LogP contribution in [0.5, 0.6) is 0 Å². The van der Waals surface area contributed by atoms with Crippen molar-refractivity contribution in [1.82, 2.24) is 15.5 Å². The number of carbonyl (C=O) groups is 4. The molecule has 0 radical (unpaired) electrons. The third-order valence-corrected chi connectivity index (χ3v) is 9.46. The van der Waals surface area contributed by atoms with Gasteiger partial charge in [0.1, 0.15) is 5.60 Å². The Morgan fingerprint density at radius 2 is 1.72 bits per heavy atom. The van der Waals surface area contributed by atoms with Crippen LogP contribution in [0.1, 0.15) is 43.1 Å². The first-order valence-corrected chi connectivity index (χ1v) is 16.8. The number of piperidine rings is 1. The van der Waals surface area contributed by atoms with Crippen LogP contribution in [0.4, 0.5) is 28.4 Å². The number of hydrogen-bond acceptors (Lipinski definition) is 8. The lowest BCUT2D eigenvalue weighted by Crippen LogP contribution is -2.56. The highest BCUT2D eigenvalue weighted by Crippen LogP contribution is 2.32. The van der Waals surface area contributed by atoms with E-state index in [0.29, 0.717) is 12.1 Å². The Hall–Kier alpha value is -3.99. The number of nitrogens with one attached hydrogen (secondary N) is 3. The van der Waals surface area contributed by atoms with Crippen LogP contribution in [0.25, 0.3) is 0 Å². The zero-order chi connectivity index (χ0) is 34.4. The topological polar surface area (TPSA) is 171 Å². The predicted molar refractivity (Wildman–Crippen MR) is 164 cm³/mol. The summed E-state index contributed by atoms with van der Waals surface area (Å²) in [5.41, 5.74) is -3.03. The fourth-order valence-electron chi connectivity index (χ4n) is 4.64. The zero-order valence-corrected chi connectivity index (χ0v) is 27.1. The van der Waals surface area contributed by atoms with E-state index in [9.17, 15) is 45.9 Å². The zero-order valence-electron chi connectivity index (χ0n) is 25.4. The number of halogens is 3. The number of likely N-dealkylation sites (tertiary alicyclic amines) is 1. The van der Waals surface area contributed by atoms with Gasteiger partial charge in [0.25, 0.3) is 5.91 Å². The predicted octanol–water partition coefficient (Wildman–Crippen LogP) is 4.46. The molecule has 0 bridgehead atoms. The molecule has 1 heterocycles. The maximum absolute atomic E-state index is 13.4. The first-order valence-electron chi connectivity index (χ1n) is 13.9. The highest BCUT2D eigenvalue weighted by Gasteiger charge is 2.36. The van der Waals surface area contributed by atoms with Gasteiger partial charge in [0.05, 0.1) is 40.0 Å². The number of anilines is 1. The van der Waals surface area contributed by atoms with Gasteiger partial charge in [0.15, 0.2) is 9.84 Å². The minimum absolute atomic E-state index is 0.0347. The van der Waals surface area contributed by atoms with Crippen LogP contribution in [-0.4, -0.2) is 85.7 Å². The third-order valence-electron chi connectivity index (χ3n) is 6.86. The molecule has 12 nitrogen and oxygen atoms in total. The van der Waals surface area contributed by atoms with E-state index in [2.05, 4.69) is 16.0 Å². The number of hydrogen-bond donors (Lipinski definition) is 4. The Bertz CT molecular complexity index is 1560. The smallest absolute Gasteiger partial charge is 0.416 e. The lowest BCUT2D eigenvalue weighted by molar-refractivity contribution is -0.137. The Kier molecular flexibility index (Phi) is 11.6. The summed E-state index contributed by atoms with van der Waals surface area (Å²) in [6, 6.07) is 7.36. The summed E-state index contributed by atoms with van der Waals surface area (Å²) in [6.07, 6.45) is -5.15. The number of benzene rings is 2. The van der Waals surface area contributed by atoms with E-state index in [-0.39, 0.29) is 35.8 Å². The minimum atomic E-state index is -4.82. The van der Waals surface area contributed by atoms with Gasteiger partial charge in [-0.1, -0.05) is 0 Å². The molecule has 1 saturated heterocycles. The van der Waals surface area contributed by atoms with Gasteiger partial charge in [-0.25, -0.2) is 18.0 Å². The summed E-state index contributed by atoms with van der Waals surface area (Å²) in [4.78, 5) is 51.7. The normalized spacial score (nSPS) is 17.2. The molecule has 1 aliphatic rings. The number of nitrogens with zero attached hydrogens (tertiary/aromatic N) is 1. The summed E-state index contributed by atoms with van der Waals surface area (Å²) < 4.78 is 71.7. The molecule has 17 heteroatoms. The van der Waals surface area contributed by atoms with E-state index in [1.807, 2.05) is 6.26 Å². The molecule has 1 aliphatic heterocycles. The number of carbonyl (C=O) groups excluding carboxylic acids is 3. The van der Waals surface area contributed by atoms with Crippen LogP contribution in [0.3, 0.4) is 0 Å². The van der Waals surface area contributed by atoms with Crippen molar-refractivity contribution in [1.29, 1.82) is 0 Å². The second-order valence-corrected chi connectivity index (χ2v) is 14.4. The molecular weight excluding hydrogens is 653 g/mol. The maximum Gasteiger partial charge on any atom is 0.416 e. The lowest BCUT2D eigenvalue weighted by Gasteiger charge is -2.37. The molecule has 0 aromatic heterocycles. The van der Waals surface area contributed by atoms with Crippen molar-refractivity contribution in [2.45, 2.75) is 54.8 Å². The average Bonchev–Trinajstić information content (AvgIpc) is 2.95. The van der Waals surface area contributed by atoms with E-state index in [1.165, 1.54) is 23.9 Å². The molecule has 4 amide bonds. The molecule has 1 fully saturated rings. The number of ether oxygens (including phenoxy) is 1. The van der Waals surface area contributed by atoms with Gasteiger partial charge in [-0.05, 0) is 81.8 Å². The molecule has 0 unspecified atom stereocenters. The summed E-state index contributed by atoms with van der Waals surface area (Å²) in [5.74, 6) is -3.05. The Labute approximate surface area is 268 Å².